The van der Waals surface area contributed by atoms with Gasteiger partial charge in [0.25, 0.3) is 0 Å². The van der Waals surface area contributed by atoms with Crippen molar-refractivity contribution in [3.05, 3.63) is 48.0 Å². The molecule has 2 aromatic heterocycles. The van der Waals surface area contributed by atoms with E-state index in [1.165, 1.54) is 49.2 Å². The first-order valence-corrected chi connectivity index (χ1v) is 13.2. The first-order valence-electron chi connectivity index (χ1n) is 13.2. The number of fused-ring (bicyclic) bond motifs is 1. The van der Waals surface area contributed by atoms with E-state index in [2.05, 4.69) is 56.0 Å². The van der Waals surface area contributed by atoms with Crippen molar-refractivity contribution >= 4 is 16.6 Å². The molecule has 5 rings (SSSR count). The maximum atomic E-state index is 12.8. The third-order valence-electron chi connectivity index (χ3n) is 7.66. The minimum atomic E-state index is 0.244. The fourth-order valence-corrected chi connectivity index (χ4v) is 5.44. The Kier molecular flexibility index (Phi) is 7.56. The van der Waals surface area contributed by atoms with Crippen molar-refractivity contribution in [2.45, 2.75) is 39.2 Å². The van der Waals surface area contributed by atoms with Crippen molar-refractivity contribution in [1.82, 2.24) is 29.5 Å². The number of likely N-dealkylation sites (tertiary alicyclic amines) is 1. The summed E-state index contributed by atoms with van der Waals surface area (Å²) in [6, 6.07) is 8.62. The number of rotatable bonds is 8. The smallest absolute Gasteiger partial charge is 0.152 e. The summed E-state index contributed by atoms with van der Waals surface area (Å²) in [6.45, 7) is 11.1. The van der Waals surface area contributed by atoms with Crippen LogP contribution in [0.1, 0.15) is 37.6 Å². The molecule has 2 aliphatic heterocycles. The maximum absolute atomic E-state index is 12.8. The van der Waals surface area contributed by atoms with E-state index >= 15 is 0 Å². The number of carbonyl (C=O) groups excluding carboxylic acids is 1. The molecule has 0 bridgehead atoms. The highest BCUT2D eigenvalue weighted by Gasteiger charge is 2.19. The molecule has 0 radical (unpaired) electrons. The average molecular weight is 475 g/mol. The average Bonchev–Trinajstić information content (AvgIpc) is 3.24. The zero-order valence-corrected chi connectivity index (χ0v) is 21.2. The largest absolute Gasteiger partial charge is 0.301 e. The minimum Gasteiger partial charge on any atom is -0.301 e. The quantitative estimate of drug-likeness (QED) is 0.499. The second-order valence-electron chi connectivity index (χ2n) is 10.1. The number of carbonyl (C=O) groups is 1. The molecule has 0 saturated carbocycles. The Labute approximate surface area is 208 Å². The van der Waals surface area contributed by atoms with Gasteiger partial charge in [0, 0.05) is 62.6 Å². The lowest BCUT2D eigenvalue weighted by Crippen LogP contribution is -2.47. The van der Waals surface area contributed by atoms with Gasteiger partial charge in [0.05, 0.1) is 24.9 Å². The Morgan fingerprint density at radius 2 is 1.66 bits per heavy atom. The Bertz CT molecular complexity index is 1160. The van der Waals surface area contributed by atoms with Crippen molar-refractivity contribution in [2.75, 3.05) is 52.4 Å². The molecule has 0 amide bonds. The molecule has 35 heavy (non-hydrogen) atoms. The zero-order chi connectivity index (χ0) is 24.2. The van der Waals surface area contributed by atoms with Gasteiger partial charge in [-0.1, -0.05) is 25.5 Å². The van der Waals surface area contributed by atoms with E-state index in [-0.39, 0.29) is 5.78 Å². The molecule has 4 heterocycles. The normalized spacial score (nSPS) is 18.3. The fourth-order valence-electron chi connectivity index (χ4n) is 5.44. The predicted molar refractivity (Wildman–Crippen MR) is 140 cm³/mol. The highest BCUT2D eigenvalue weighted by molar-refractivity contribution is 5.89. The molecule has 3 aromatic rings. The molecule has 2 aliphatic rings. The van der Waals surface area contributed by atoms with Gasteiger partial charge in [-0.2, -0.15) is 5.10 Å². The van der Waals surface area contributed by atoms with Crippen molar-refractivity contribution < 1.29 is 4.79 Å². The van der Waals surface area contributed by atoms with Gasteiger partial charge in [0.1, 0.15) is 0 Å². The highest BCUT2D eigenvalue weighted by Crippen LogP contribution is 2.28. The number of aromatic nitrogens is 3. The lowest BCUT2D eigenvalue weighted by Gasteiger charge is -2.33. The summed E-state index contributed by atoms with van der Waals surface area (Å²) < 4.78 is 2.02. The van der Waals surface area contributed by atoms with E-state index in [1.807, 2.05) is 24.1 Å². The van der Waals surface area contributed by atoms with Crippen LogP contribution < -0.4 is 0 Å². The van der Waals surface area contributed by atoms with Crippen LogP contribution in [0.3, 0.4) is 0 Å². The van der Waals surface area contributed by atoms with Crippen LogP contribution in [0.4, 0.5) is 0 Å². The number of piperidine rings is 1. The lowest BCUT2D eigenvalue weighted by molar-refractivity contribution is -0.120. The van der Waals surface area contributed by atoms with Gasteiger partial charge < -0.3 is 4.90 Å². The van der Waals surface area contributed by atoms with Gasteiger partial charge in [-0.05, 0) is 55.6 Å². The number of likely N-dealkylation sites (N-methyl/N-ethyl adjacent to an activating group) is 1. The second kappa shape index (κ2) is 11.0. The molecule has 0 N–H and O–H groups in total. The van der Waals surface area contributed by atoms with Crippen LogP contribution in [0.5, 0.6) is 0 Å². The minimum absolute atomic E-state index is 0.244. The molecule has 2 saturated heterocycles. The van der Waals surface area contributed by atoms with Gasteiger partial charge in [-0.25, -0.2) is 0 Å². The molecule has 7 heteroatoms. The van der Waals surface area contributed by atoms with Crippen LogP contribution in [-0.4, -0.2) is 87.6 Å². The number of benzene rings is 1. The number of Topliss-reactive ketones (excluding diaryl/α,β-unsaturated/α-hetero) is 1. The van der Waals surface area contributed by atoms with Gasteiger partial charge in [-0.3, -0.25) is 24.3 Å². The standard InChI is InChI=1S/C28H38N6O/c1-3-32-11-13-34(14-12-32)20-26(35)17-25-16-24-15-22(7-8-23(24)18-29-25)27-19-30-31(2)28(27)21-33-9-5-4-6-10-33/h7-8,15-16,18-19H,3-6,9-14,17,20-21H2,1-2H3. The van der Waals surface area contributed by atoms with Crippen LogP contribution >= 0.6 is 0 Å². The second-order valence-corrected chi connectivity index (χ2v) is 10.1. The highest BCUT2D eigenvalue weighted by atomic mass is 16.1. The molecule has 0 spiro atoms. The van der Waals surface area contributed by atoms with Gasteiger partial charge in [0.2, 0.25) is 0 Å². The molecular weight excluding hydrogens is 436 g/mol. The monoisotopic (exact) mass is 474 g/mol. The van der Waals surface area contributed by atoms with Crippen LogP contribution in [-0.2, 0) is 24.8 Å². The predicted octanol–water partition coefficient (Wildman–Crippen LogP) is 3.37. The zero-order valence-electron chi connectivity index (χ0n) is 21.2. The molecule has 0 aliphatic carbocycles. The SMILES string of the molecule is CCN1CCN(CC(=O)Cc2cc3cc(-c4cnn(C)c4CN4CCCCC4)ccc3cn2)CC1. The summed E-state index contributed by atoms with van der Waals surface area (Å²) in [4.78, 5) is 24.6. The van der Waals surface area contributed by atoms with Crippen LogP contribution in [0.25, 0.3) is 21.9 Å². The first-order chi connectivity index (χ1) is 17.1. The Morgan fingerprint density at radius 1 is 0.886 bits per heavy atom. The molecule has 2 fully saturated rings. The number of piperazine rings is 1. The van der Waals surface area contributed by atoms with Crippen LogP contribution in [0, 0.1) is 0 Å². The fraction of sp³-hybridized carbons (Fsp3) is 0.536. The van der Waals surface area contributed by atoms with Crippen molar-refractivity contribution in [1.29, 1.82) is 0 Å². The molecule has 0 unspecified atom stereocenters. The third kappa shape index (κ3) is 5.80. The number of hydrogen-bond acceptors (Lipinski definition) is 6. The maximum Gasteiger partial charge on any atom is 0.152 e. The summed E-state index contributed by atoms with van der Waals surface area (Å²) in [5.41, 5.74) is 4.49. The Balaban J connectivity index is 1.29. The summed E-state index contributed by atoms with van der Waals surface area (Å²) >= 11 is 0. The third-order valence-corrected chi connectivity index (χ3v) is 7.66. The topological polar surface area (TPSA) is 57.5 Å². The molecule has 186 valence electrons. The van der Waals surface area contributed by atoms with E-state index < -0.39 is 0 Å². The lowest BCUT2D eigenvalue weighted by atomic mass is 10.0. The number of ketones is 1. The number of aryl methyl sites for hydroxylation is 1. The molecule has 1 aromatic carbocycles. The van der Waals surface area contributed by atoms with E-state index in [0.717, 1.165) is 55.7 Å². The summed E-state index contributed by atoms with van der Waals surface area (Å²) in [5, 5.41) is 6.81. The Morgan fingerprint density at radius 3 is 2.43 bits per heavy atom. The van der Waals surface area contributed by atoms with Crippen LogP contribution in [0.15, 0.2) is 36.7 Å². The number of nitrogens with zero attached hydrogens (tertiary/aromatic N) is 6. The van der Waals surface area contributed by atoms with Gasteiger partial charge in [0.15, 0.2) is 5.78 Å². The number of hydrogen-bond donors (Lipinski definition) is 0. The van der Waals surface area contributed by atoms with Crippen molar-refractivity contribution in [2.24, 2.45) is 7.05 Å². The van der Waals surface area contributed by atoms with Crippen molar-refractivity contribution in [3.63, 3.8) is 0 Å². The molecular formula is C28H38N6O. The summed E-state index contributed by atoms with van der Waals surface area (Å²) in [7, 11) is 2.04. The molecule has 0 atom stereocenters. The van der Waals surface area contributed by atoms with E-state index in [9.17, 15) is 4.79 Å². The number of pyridine rings is 1. The van der Waals surface area contributed by atoms with E-state index in [4.69, 9.17) is 0 Å². The summed E-state index contributed by atoms with van der Waals surface area (Å²) in [5.74, 6) is 0.244. The Hall–Kier alpha value is -2.61. The van der Waals surface area contributed by atoms with Crippen molar-refractivity contribution in [3.8, 4) is 11.1 Å². The first kappa shape index (κ1) is 24.1. The molecule has 7 nitrogen and oxygen atoms in total. The van der Waals surface area contributed by atoms with E-state index in [1.54, 1.807) is 0 Å². The van der Waals surface area contributed by atoms with Gasteiger partial charge >= 0.3 is 0 Å². The van der Waals surface area contributed by atoms with E-state index in [0.29, 0.717) is 13.0 Å². The summed E-state index contributed by atoms with van der Waals surface area (Å²) in [6.07, 6.45) is 8.19. The van der Waals surface area contributed by atoms with Gasteiger partial charge in [-0.15, -0.1) is 0 Å². The van der Waals surface area contributed by atoms with Crippen LogP contribution in [0.2, 0.25) is 0 Å².